The fraction of sp³-hybridized carbons (Fsp3) is 0.0476. The first-order chi connectivity index (χ1) is 12.8. The first-order valence-corrected chi connectivity index (χ1v) is 9.21. The van der Waals surface area contributed by atoms with Gasteiger partial charge in [0.25, 0.3) is 5.22 Å². The van der Waals surface area contributed by atoms with Crippen molar-refractivity contribution in [2.45, 2.75) is 5.22 Å². The molecule has 1 amide bonds. The third-order valence-corrected chi connectivity index (χ3v) is 4.68. The fourth-order valence-electron chi connectivity index (χ4n) is 2.69. The SMILES string of the molecule is O=C(CSc1nc2ccccc2o1)N(c1ccccc1)c1ccccc1. The predicted octanol–water partition coefficient (Wildman–Crippen LogP) is 5.28. The fourth-order valence-corrected chi connectivity index (χ4v) is 3.38. The highest BCUT2D eigenvalue weighted by Gasteiger charge is 2.19. The van der Waals surface area contributed by atoms with Gasteiger partial charge in [0.2, 0.25) is 5.91 Å². The van der Waals surface area contributed by atoms with Crippen LogP contribution in [0, 0.1) is 0 Å². The molecule has 0 N–H and O–H groups in total. The zero-order chi connectivity index (χ0) is 17.8. The van der Waals surface area contributed by atoms with Crippen LogP contribution in [0.25, 0.3) is 11.1 Å². The molecule has 4 nitrogen and oxygen atoms in total. The van der Waals surface area contributed by atoms with Crippen LogP contribution in [0.3, 0.4) is 0 Å². The lowest BCUT2D eigenvalue weighted by Gasteiger charge is -2.22. The maximum atomic E-state index is 13.0. The minimum absolute atomic E-state index is 0.0327. The second kappa shape index (κ2) is 7.45. The summed E-state index contributed by atoms with van der Waals surface area (Å²) in [5, 5.41) is 0.501. The molecule has 4 aromatic rings. The molecule has 1 heterocycles. The summed E-state index contributed by atoms with van der Waals surface area (Å²) in [6, 6.07) is 26.8. The van der Waals surface area contributed by atoms with Gasteiger partial charge in [-0.25, -0.2) is 4.98 Å². The van der Waals surface area contributed by atoms with E-state index < -0.39 is 0 Å². The zero-order valence-electron chi connectivity index (χ0n) is 13.9. The van der Waals surface area contributed by atoms with Crippen LogP contribution >= 0.6 is 11.8 Å². The van der Waals surface area contributed by atoms with Gasteiger partial charge in [-0.05, 0) is 36.4 Å². The van der Waals surface area contributed by atoms with Crippen molar-refractivity contribution >= 4 is 40.1 Å². The average Bonchev–Trinajstić information content (AvgIpc) is 3.11. The summed E-state index contributed by atoms with van der Waals surface area (Å²) >= 11 is 1.30. The Morgan fingerprint density at radius 1 is 0.846 bits per heavy atom. The molecule has 0 saturated carbocycles. The van der Waals surface area contributed by atoms with Gasteiger partial charge in [0.1, 0.15) is 5.52 Å². The van der Waals surface area contributed by atoms with E-state index in [1.54, 1.807) is 4.90 Å². The number of carbonyl (C=O) groups is 1. The number of fused-ring (bicyclic) bond motifs is 1. The Morgan fingerprint density at radius 2 is 1.42 bits per heavy atom. The minimum Gasteiger partial charge on any atom is -0.431 e. The Morgan fingerprint density at radius 3 is 2.04 bits per heavy atom. The van der Waals surface area contributed by atoms with E-state index in [1.807, 2.05) is 84.9 Å². The van der Waals surface area contributed by atoms with E-state index >= 15 is 0 Å². The molecule has 0 atom stereocenters. The first kappa shape index (κ1) is 16.4. The van der Waals surface area contributed by atoms with Gasteiger partial charge in [-0.3, -0.25) is 9.69 Å². The van der Waals surface area contributed by atoms with E-state index in [0.717, 1.165) is 22.5 Å². The largest absolute Gasteiger partial charge is 0.431 e. The minimum atomic E-state index is -0.0327. The summed E-state index contributed by atoms with van der Waals surface area (Å²) in [4.78, 5) is 19.1. The molecule has 3 aromatic carbocycles. The van der Waals surface area contributed by atoms with Crippen LogP contribution in [0.2, 0.25) is 0 Å². The smallest absolute Gasteiger partial charge is 0.257 e. The third-order valence-electron chi connectivity index (χ3n) is 3.87. The first-order valence-electron chi connectivity index (χ1n) is 8.23. The standard InChI is InChI=1S/C21H16N2O2S/c24-20(15-26-21-22-18-13-7-8-14-19(18)25-21)23(16-9-3-1-4-10-16)17-11-5-2-6-12-17/h1-14H,15H2. The Bertz CT molecular complexity index is 943. The number of para-hydroxylation sites is 4. The van der Waals surface area contributed by atoms with E-state index in [0.29, 0.717) is 5.22 Å². The van der Waals surface area contributed by atoms with Gasteiger partial charge in [0.05, 0.1) is 5.75 Å². The average molecular weight is 360 g/mol. The van der Waals surface area contributed by atoms with Crippen LogP contribution in [0.15, 0.2) is 94.6 Å². The molecule has 0 aliphatic carbocycles. The lowest BCUT2D eigenvalue weighted by atomic mass is 10.2. The summed E-state index contributed by atoms with van der Waals surface area (Å²) in [5.74, 6) is 0.200. The maximum Gasteiger partial charge on any atom is 0.257 e. The van der Waals surface area contributed by atoms with E-state index in [9.17, 15) is 4.79 Å². The van der Waals surface area contributed by atoms with Crippen LogP contribution < -0.4 is 4.90 Å². The molecule has 0 unspecified atom stereocenters. The molecule has 0 spiro atoms. The van der Waals surface area contributed by atoms with Gasteiger partial charge in [0.15, 0.2) is 5.58 Å². The van der Waals surface area contributed by atoms with Crippen molar-refractivity contribution in [3.05, 3.63) is 84.9 Å². The number of carbonyl (C=O) groups excluding carboxylic acids is 1. The Kier molecular flexibility index (Phi) is 4.71. The molecule has 5 heteroatoms. The number of aromatic nitrogens is 1. The summed E-state index contributed by atoms with van der Waals surface area (Å²) < 4.78 is 5.69. The molecule has 0 aliphatic rings. The third kappa shape index (κ3) is 3.48. The van der Waals surface area contributed by atoms with E-state index in [2.05, 4.69) is 4.98 Å². The molecule has 128 valence electrons. The second-order valence-corrected chi connectivity index (χ2v) is 6.56. The van der Waals surface area contributed by atoms with E-state index in [-0.39, 0.29) is 11.7 Å². The van der Waals surface area contributed by atoms with Crippen molar-refractivity contribution in [3.63, 3.8) is 0 Å². The molecular formula is C21H16N2O2S. The number of anilines is 2. The van der Waals surface area contributed by atoms with Gasteiger partial charge in [0, 0.05) is 11.4 Å². The molecule has 1 aromatic heterocycles. The van der Waals surface area contributed by atoms with Crippen molar-refractivity contribution in [2.24, 2.45) is 0 Å². The molecule has 0 bridgehead atoms. The molecular weight excluding hydrogens is 344 g/mol. The summed E-state index contributed by atoms with van der Waals surface area (Å²) in [6.07, 6.45) is 0. The molecule has 0 radical (unpaired) electrons. The monoisotopic (exact) mass is 360 g/mol. The number of thioether (sulfide) groups is 1. The van der Waals surface area contributed by atoms with Crippen LogP contribution in [0.4, 0.5) is 11.4 Å². The molecule has 0 saturated heterocycles. The summed E-state index contributed by atoms with van der Waals surface area (Å²) in [7, 11) is 0. The lowest BCUT2D eigenvalue weighted by molar-refractivity contribution is -0.115. The topological polar surface area (TPSA) is 46.3 Å². The number of benzene rings is 3. The van der Waals surface area contributed by atoms with Gasteiger partial charge < -0.3 is 4.42 Å². The van der Waals surface area contributed by atoms with Gasteiger partial charge in [-0.2, -0.15) is 0 Å². The zero-order valence-corrected chi connectivity index (χ0v) is 14.7. The number of rotatable bonds is 5. The quantitative estimate of drug-likeness (QED) is 0.454. The van der Waals surface area contributed by atoms with Gasteiger partial charge in [-0.1, -0.05) is 60.3 Å². The van der Waals surface area contributed by atoms with Crippen LogP contribution in [-0.2, 0) is 4.79 Å². The maximum absolute atomic E-state index is 13.0. The van der Waals surface area contributed by atoms with Crippen molar-refractivity contribution < 1.29 is 9.21 Å². The predicted molar refractivity (Wildman–Crippen MR) is 105 cm³/mol. The number of oxazole rings is 1. The van der Waals surface area contributed by atoms with Crippen LogP contribution in [0.1, 0.15) is 0 Å². The number of hydrogen-bond acceptors (Lipinski definition) is 4. The van der Waals surface area contributed by atoms with Crippen molar-refractivity contribution in [2.75, 3.05) is 10.7 Å². The highest BCUT2D eigenvalue weighted by atomic mass is 32.2. The number of amides is 1. The van der Waals surface area contributed by atoms with Crippen molar-refractivity contribution in [1.82, 2.24) is 4.98 Å². The molecule has 26 heavy (non-hydrogen) atoms. The second-order valence-electron chi connectivity index (χ2n) is 5.64. The Labute approximate surface area is 155 Å². The molecule has 0 fully saturated rings. The van der Waals surface area contributed by atoms with E-state index in [1.165, 1.54) is 11.8 Å². The lowest BCUT2D eigenvalue weighted by Crippen LogP contribution is -2.27. The molecule has 0 aliphatic heterocycles. The van der Waals surface area contributed by atoms with Gasteiger partial charge >= 0.3 is 0 Å². The summed E-state index contributed by atoms with van der Waals surface area (Å²) in [5.41, 5.74) is 3.19. The summed E-state index contributed by atoms with van der Waals surface area (Å²) in [6.45, 7) is 0. The van der Waals surface area contributed by atoms with E-state index in [4.69, 9.17) is 4.42 Å². The Hall–Kier alpha value is -3.05. The van der Waals surface area contributed by atoms with Crippen LogP contribution in [0.5, 0.6) is 0 Å². The van der Waals surface area contributed by atoms with Crippen LogP contribution in [-0.4, -0.2) is 16.6 Å². The molecule has 4 rings (SSSR count). The highest BCUT2D eigenvalue weighted by Crippen LogP contribution is 2.28. The normalized spacial score (nSPS) is 10.8. The Balaban J connectivity index is 1.56. The van der Waals surface area contributed by atoms with Crippen molar-refractivity contribution in [1.29, 1.82) is 0 Å². The number of hydrogen-bond donors (Lipinski definition) is 0. The van der Waals surface area contributed by atoms with Crippen molar-refractivity contribution in [3.8, 4) is 0 Å². The highest BCUT2D eigenvalue weighted by molar-refractivity contribution is 7.99. The van der Waals surface area contributed by atoms with Gasteiger partial charge in [-0.15, -0.1) is 0 Å². The number of nitrogens with zero attached hydrogens (tertiary/aromatic N) is 2.